The molecule has 0 saturated heterocycles. The summed E-state index contributed by atoms with van der Waals surface area (Å²) in [7, 11) is 0. The van der Waals surface area contributed by atoms with Crippen molar-refractivity contribution >= 4 is 0 Å². The van der Waals surface area contributed by atoms with Crippen LogP contribution in [0.5, 0.6) is 0 Å². The molecular weight excluding hydrogens is 244 g/mol. The van der Waals surface area contributed by atoms with Crippen molar-refractivity contribution in [3.05, 3.63) is 18.7 Å². The molecule has 0 bridgehead atoms. The van der Waals surface area contributed by atoms with Crippen molar-refractivity contribution < 1.29 is 0 Å². The van der Waals surface area contributed by atoms with E-state index in [1.54, 1.807) is 0 Å². The predicted molar refractivity (Wildman–Crippen MR) is 88.0 cm³/mol. The van der Waals surface area contributed by atoms with Crippen LogP contribution in [0.3, 0.4) is 0 Å². The summed E-state index contributed by atoms with van der Waals surface area (Å²) in [5, 5.41) is 0. The van der Waals surface area contributed by atoms with Gasteiger partial charge in [0, 0.05) is 18.4 Å². The average Bonchev–Trinajstić information content (AvgIpc) is 2.99. The molecule has 2 heteroatoms. The van der Waals surface area contributed by atoms with Crippen molar-refractivity contribution in [2.24, 2.45) is 0 Å². The summed E-state index contributed by atoms with van der Waals surface area (Å²) in [4.78, 5) is 4.11. The molecule has 0 fully saturated rings. The van der Waals surface area contributed by atoms with Crippen LogP contribution in [0.25, 0.3) is 0 Å². The van der Waals surface area contributed by atoms with Crippen molar-refractivity contribution in [1.82, 2.24) is 9.55 Å². The van der Waals surface area contributed by atoms with Gasteiger partial charge in [-0.1, -0.05) is 77.6 Å². The molecule has 1 heterocycles. The first-order valence-corrected chi connectivity index (χ1v) is 8.82. The summed E-state index contributed by atoms with van der Waals surface area (Å²) in [6.45, 7) is 4.58. The summed E-state index contributed by atoms with van der Waals surface area (Å²) in [5.41, 5.74) is 0. The fraction of sp³-hybridized carbons (Fsp3) is 0.833. The third kappa shape index (κ3) is 8.39. The van der Waals surface area contributed by atoms with E-state index in [2.05, 4.69) is 29.6 Å². The molecule has 20 heavy (non-hydrogen) atoms. The molecule has 0 N–H and O–H groups in total. The third-order valence-corrected chi connectivity index (χ3v) is 4.26. The maximum absolute atomic E-state index is 4.11. The summed E-state index contributed by atoms with van der Waals surface area (Å²) in [6.07, 6.45) is 22.8. The van der Waals surface area contributed by atoms with Crippen LogP contribution in [-0.2, 0) is 0 Å². The van der Waals surface area contributed by atoms with Gasteiger partial charge in [-0.25, -0.2) is 4.98 Å². The molecule has 0 radical (unpaired) electrons. The van der Waals surface area contributed by atoms with Crippen molar-refractivity contribution in [1.29, 1.82) is 0 Å². The van der Waals surface area contributed by atoms with Crippen molar-refractivity contribution in [2.45, 2.75) is 96.9 Å². The summed E-state index contributed by atoms with van der Waals surface area (Å²) in [6, 6.07) is 0.607. The molecule has 1 aromatic rings. The Hall–Kier alpha value is -0.790. The van der Waals surface area contributed by atoms with E-state index in [1.807, 2.05) is 12.5 Å². The number of hydrogen-bond acceptors (Lipinski definition) is 1. The lowest BCUT2D eigenvalue weighted by molar-refractivity contribution is 0.465. The van der Waals surface area contributed by atoms with E-state index < -0.39 is 0 Å². The monoisotopic (exact) mass is 278 g/mol. The quantitative estimate of drug-likeness (QED) is 0.396. The molecule has 1 aromatic heterocycles. The molecular formula is C18H34N2. The van der Waals surface area contributed by atoms with E-state index >= 15 is 0 Å². The molecule has 0 aliphatic carbocycles. The van der Waals surface area contributed by atoms with Crippen LogP contribution in [0.2, 0.25) is 0 Å². The topological polar surface area (TPSA) is 17.8 Å². The first-order chi connectivity index (χ1) is 9.84. The number of unbranched alkanes of at least 4 members (excludes halogenated alkanes) is 10. The van der Waals surface area contributed by atoms with Crippen LogP contribution in [0.1, 0.15) is 96.9 Å². The Labute approximate surface area is 126 Å². The Morgan fingerprint density at radius 3 is 1.90 bits per heavy atom. The number of imidazole rings is 1. The standard InChI is InChI=1S/C18H34N2/c1-3-4-5-6-7-8-9-10-11-12-13-14-18(2)20-16-15-19-17-20/h15-18H,3-14H2,1-2H3. The van der Waals surface area contributed by atoms with E-state index in [4.69, 9.17) is 0 Å². The zero-order valence-electron chi connectivity index (χ0n) is 13.7. The number of rotatable bonds is 13. The summed E-state index contributed by atoms with van der Waals surface area (Å²) >= 11 is 0. The smallest absolute Gasteiger partial charge is 0.0948 e. The fourth-order valence-corrected chi connectivity index (χ4v) is 2.78. The van der Waals surface area contributed by atoms with Crippen molar-refractivity contribution in [3.8, 4) is 0 Å². The van der Waals surface area contributed by atoms with E-state index in [0.29, 0.717) is 6.04 Å². The normalized spacial score (nSPS) is 12.7. The first kappa shape index (κ1) is 17.3. The Bertz CT molecular complexity index is 292. The van der Waals surface area contributed by atoms with Gasteiger partial charge in [0.1, 0.15) is 0 Å². The molecule has 116 valence electrons. The van der Waals surface area contributed by atoms with E-state index in [9.17, 15) is 0 Å². The second-order valence-electron chi connectivity index (χ2n) is 6.18. The lowest BCUT2D eigenvalue weighted by Gasteiger charge is -2.12. The molecule has 1 unspecified atom stereocenters. The zero-order valence-corrected chi connectivity index (χ0v) is 13.7. The highest BCUT2D eigenvalue weighted by Crippen LogP contribution is 2.16. The lowest BCUT2D eigenvalue weighted by atomic mass is 10.0. The molecule has 2 nitrogen and oxygen atoms in total. The minimum absolute atomic E-state index is 0.607. The Balaban J connectivity index is 1.81. The highest BCUT2D eigenvalue weighted by Gasteiger charge is 2.02. The van der Waals surface area contributed by atoms with Gasteiger partial charge >= 0.3 is 0 Å². The molecule has 0 saturated carbocycles. The van der Waals surface area contributed by atoms with Gasteiger partial charge < -0.3 is 4.57 Å². The van der Waals surface area contributed by atoms with Gasteiger partial charge in [-0.3, -0.25) is 0 Å². The number of aromatic nitrogens is 2. The third-order valence-electron chi connectivity index (χ3n) is 4.26. The summed E-state index contributed by atoms with van der Waals surface area (Å²) in [5.74, 6) is 0. The zero-order chi connectivity index (χ0) is 14.5. The fourth-order valence-electron chi connectivity index (χ4n) is 2.78. The van der Waals surface area contributed by atoms with Crippen molar-refractivity contribution in [3.63, 3.8) is 0 Å². The lowest BCUT2D eigenvalue weighted by Crippen LogP contribution is -2.01. The maximum Gasteiger partial charge on any atom is 0.0948 e. The van der Waals surface area contributed by atoms with E-state index in [-0.39, 0.29) is 0 Å². The van der Waals surface area contributed by atoms with Gasteiger partial charge in [0.25, 0.3) is 0 Å². The van der Waals surface area contributed by atoms with Gasteiger partial charge in [-0.05, 0) is 13.3 Å². The molecule has 0 amide bonds. The van der Waals surface area contributed by atoms with E-state index in [1.165, 1.54) is 77.0 Å². The van der Waals surface area contributed by atoms with Crippen LogP contribution >= 0.6 is 0 Å². The Morgan fingerprint density at radius 1 is 0.850 bits per heavy atom. The van der Waals surface area contributed by atoms with Gasteiger partial charge in [0.15, 0.2) is 0 Å². The Kier molecular flexibility index (Phi) is 10.3. The highest BCUT2D eigenvalue weighted by atomic mass is 15.0. The number of nitrogens with zero attached hydrogens (tertiary/aromatic N) is 2. The van der Waals surface area contributed by atoms with E-state index in [0.717, 1.165) is 0 Å². The molecule has 0 spiro atoms. The van der Waals surface area contributed by atoms with Crippen LogP contribution in [0, 0.1) is 0 Å². The first-order valence-electron chi connectivity index (χ1n) is 8.82. The van der Waals surface area contributed by atoms with Crippen molar-refractivity contribution in [2.75, 3.05) is 0 Å². The van der Waals surface area contributed by atoms with Crippen LogP contribution in [0.4, 0.5) is 0 Å². The maximum atomic E-state index is 4.11. The molecule has 0 aliphatic rings. The van der Waals surface area contributed by atoms with Crippen LogP contribution in [-0.4, -0.2) is 9.55 Å². The van der Waals surface area contributed by atoms with Crippen LogP contribution in [0.15, 0.2) is 18.7 Å². The second kappa shape index (κ2) is 12.0. The second-order valence-corrected chi connectivity index (χ2v) is 6.18. The average molecular weight is 278 g/mol. The number of hydrogen-bond donors (Lipinski definition) is 0. The highest BCUT2D eigenvalue weighted by molar-refractivity contribution is 4.78. The van der Waals surface area contributed by atoms with Crippen LogP contribution < -0.4 is 0 Å². The van der Waals surface area contributed by atoms with Gasteiger partial charge in [0.2, 0.25) is 0 Å². The minimum atomic E-state index is 0.607. The van der Waals surface area contributed by atoms with Gasteiger partial charge in [-0.2, -0.15) is 0 Å². The molecule has 1 rings (SSSR count). The molecule has 0 aliphatic heterocycles. The molecule has 1 atom stereocenters. The Morgan fingerprint density at radius 2 is 1.40 bits per heavy atom. The minimum Gasteiger partial charge on any atom is -0.335 e. The predicted octanol–water partition coefficient (Wildman–Crippen LogP) is 6.15. The van der Waals surface area contributed by atoms with Gasteiger partial charge in [0.05, 0.1) is 6.33 Å². The summed E-state index contributed by atoms with van der Waals surface area (Å²) < 4.78 is 2.22. The molecule has 0 aromatic carbocycles. The largest absolute Gasteiger partial charge is 0.335 e. The SMILES string of the molecule is CCCCCCCCCCCCCC(C)n1ccnc1. The van der Waals surface area contributed by atoms with Gasteiger partial charge in [-0.15, -0.1) is 0 Å².